The molecule has 2 aliphatic rings. The smallest absolute Gasteiger partial charge is 0.160 e. The second-order valence-corrected chi connectivity index (χ2v) is 19.2. The molecule has 0 aliphatic heterocycles. The molecule has 0 radical (unpaired) electrons. The summed E-state index contributed by atoms with van der Waals surface area (Å²) in [6, 6.07) is 78.3. The fourth-order valence-electron chi connectivity index (χ4n) is 11.7. The summed E-state index contributed by atoms with van der Waals surface area (Å²) >= 11 is 0. The zero-order valence-electron chi connectivity index (χ0n) is 39.3. The molecule has 68 heavy (non-hydrogen) atoms. The Balaban J connectivity index is 1.05. The maximum Gasteiger partial charge on any atom is 0.160 e. The van der Waals surface area contributed by atoms with E-state index < -0.39 is 5.41 Å². The molecule has 0 amide bonds. The van der Waals surface area contributed by atoms with Crippen LogP contribution >= 0.6 is 0 Å². The van der Waals surface area contributed by atoms with E-state index in [0.29, 0.717) is 5.84 Å². The number of allylic oxidation sites excluding steroid dienone is 1. The number of amidine groups is 1. The van der Waals surface area contributed by atoms with E-state index in [2.05, 4.69) is 247 Å². The van der Waals surface area contributed by atoms with Crippen molar-refractivity contribution in [2.24, 2.45) is 9.98 Å². The van der Waals surface area contributed by atoms with Crippen molar-refractivity contribution in [1.82, 2.24) is 0 Å². The van der Waals surface area contributed by atoms with Crippen LogP contribution in [0.5, 0.6) is 0 Å². The molecule has 0 bridgehead atoms. The number of hydrogen-bond acceptors (Lipinski definition) is 1. The quantitative estimate of drug-likeness (QED) is 0.0903. The third kappa shape index (κ3) is 6.31. The van der Waals surface area contributed by atoms with Gasteiger partial charge in [-0.2, -0.15) is 0 Å². The van der Waals surface area contributed by atoms with Crippen LogP contribution in [0.4, 0.5) is 0 Å². The van der Waals surface area contributed by atoms with Crippen molar-refractivity contribution in [1.29, 1.82) is 0 Å². The van der Waals surface area contributed by atoms with E-state index in [0.717, 1.165) is 40.1 Å². The molecule has 0 aromatic heterocycles. The molecular formula is C66H52N2. The number of aliphatic imine (C=N–C) groups is 2. The number of rotatable bonds is 6. The normalized spacial score (nSPS) is 15.0. The van der Waals surface area contributed by atoms with E-state index in [1.807, 2.05) is 0 Å². The molecule has 0 heterocycles. The van der Waals surface area contributed by atoms with E-state index >= 15 is 0 Å². The standard InChI is InChI=1S/C66H52N2/c1-6-42(2)63(44-21-8-7-9-22-44)68-64(67-43(3)45-35-37-53-51-27-11-10-25-49(51)50-26-12-13-28-52(50)56(53)40-45)48-24-20-23-46(39-48)47-36-38-60-62(41-47)66(61-34-19-18-33-59(61)65(60,4)5)57-31-16-14-29-54(57)55-30-15-17-32-58(55)66/h7-41H,6H2,1-5H3. The van der Waals surface area contributed by atoms with Gasteiger partial charge in [0.2, 0.25) is 0 Å². The van der Waals surface area contributed by atoms with Crippen molar-refractivity contribution in [3.05, 3.63) is 268 Å². The van der Waals surface area contributed by atoms with Crippen LogP contribution in [0.3, 0.4) is 0 Å². The van der Waals surface area contributed by atoms with Crippen molar-refractivity contribution < 1.29 is 0 Å². The van der Waals surface area contributed by atoms with Gasteiger partial charge in [0.05, 0.1) is 11.1 Å². The molecule has 0 fully saturated rings. The summed E-state index contributed by atoms with van der Waals surface area (Å²) in [6.07, 6.45) is 0.873. The Morgan fingerprint density at radius 2 is 0.897 bits per heavy atom. The zero-order chi connectivity index (χ0) is 46.1. The van der Waals surface area contributed by atoms with Gasteiger partial charge in [0.15, 0.2) is 5.84 Å². The van der Waals surface area contributed by atoms with Crippen LogP contribution in [0.1, 0.15) is 91.1 Å². The molecular weight excluding hydrogens is 821 g/mol. The summed E-state index contributed by atoms with van der Waals surface area (Å²) in [4.78, 5) is 11.1. The molecule has 326 valence electrons. The van der Waals surface area contributed by atoms with Crippen molar-refractivity contribution in [2.75, 3.05) is 0 Å². The van der Waals surface area contributed by atoms with E-state index in [9.17, 15) is 0 Å². The van der Waals surface area contributed by atoms with Crippen LogP contribution in [0, 0.1) is 0 Å². The van der Waals surface area contributed by atoms with Crippen LogP contribution in [0.15, 0.2) is 228 Å². The predicted octanol–water partition coefficient (Wildman–Crippen LogP) is 16.9. The highest BCUT2D eigenvalue weighted by molar-refractivity contribution is 6.26. The largest absolute Gasteiger partial charge is 0.233 e. The summed E-state index contributed by atoms with van der Waals surface area (Å²) in [6.45, 7) is 11.3. The van der Waals surface area contributed by atoms with Gasteiger partial charge in [-0.3, -0.25) is 0 Å². The van der Waals surface area contributed by atoms with Crippen molar-refractivity contribution >= 4 is 49.6 Å². The Labute approximate surface area is 399 Å². The maximum absolute atomic E-state index is 5.57. The first-order valence-electron chi connectivity index (χ1n) is 24.0. The van der Waals surface area contributed by atoms with Gasteiger partial charge in [0, 0.05) is 22.3 Å². The molecule has 0 unspecified atom stereocenters. The van der Waals surface area contributed by atoms with Gasteiger partial charge in [-0.1, -0.05) is 215 Å². The number of nitrogens with zero attached hydrogens (tertiary/aromatic N) is 2. The Bertz CT molecular complexity index is 3690. The van der Waals surface area contributed by atoms with Crippen molar-refractivity contribution in [2.45, 2.75) is 51.9 Å². The van der Waals surface area contributed by atoms with Gasteiger partial charge < -0.3 is 0 Å². The average Bonchev–Trinajstić information content (AvgIpc) is 3.70. The van der Waals surface area contributed by atoms with Crippen molar-refractivity contribution in [3.8, 4) is 22.3 Å². The lowest BCUT2D eigenvalue weighted by Crippen LogP contribution is -2.40. The third-order valence-corrected chi connectivity index (χ3v) is 15.1. The maximum atomic E-state index is 5.57. The number of hydrogen-bond donors (Lipinski definition) is 0. The Kier molecular flexibility index (Phi) is 9.85. The van der Waals surface area contributed by atoms with Crippen LogP contribution in [-0.2, 0) is 10.8 Å². The highest BCUT2D eigenvalue weighted by Crippen LogP contribution is 2.62. The van der Waals surface area contributed by atoms with Gasteiger partial charge in [-0.25, -0.2) is 9.98 Å². The van der Waals surface area contributed by atoms with Gasteiger partial charge in [-0.15, -0.1) is 0 Å². The van der Waals surface area contributed by atoms with E-state index in [1.54, 1.807) is 0 Å². The Hall–Kier alpha value is -7.94. The van der Waals surface area contributed by atoms with E-state index in [-0.39, 0.29) is 5.41 Å². The molecule has 0 N–H and O–H groups in total. The number of benzene rings is 10. The van der Waals surface area contributed by atoms with Gasteiger partial charge in [0.1, 0.15) is 0 Å². The minimum Gasteiger partial charge on any atom is -0.233 e. The summed E-state index contributed by atoms with van der Waals surface area (Å²) in [5, 5.41) is 7.51. The predicted molar refractivity (Wildman–Crippen MR) is 288 cm³/mol. The molecule has 2 heteroatoms. The first kappa shape index (κ1) is 41.5. The van der Waals surface area contributed by atoms with Crippen LogP contribution < -0.4 is 0 Å². The summed E-state index contributed by atoms with van der Waals surface area (Å²) < 4.78 is 0. The molecule has 2 nitrogen and oxygen atoms in total. The monoisotopic (exact) mass is 872 g/mol. The lowest BCUT2D eigenvalue weighted by molar-refractivity contribution is 0.563. The van der Waals surface area contributed by atoms with Gasteiger partial charge in [-0.05, 0) is 138 Å². The second-order valence-electron chi connectivity index (χ2n) is 19.2. The molecule has 1 spiro atoms. The zero-order valence-corrected chi connectivity index (χ0v) is 39.3. The number of fused-ring (bicyclic) bond motifs is 15. The molecule has 10 aromatic carbocycles. The molecule has 12 rings (SSSR count). The molecule has 2 aliphatic carbocycles. The van der Waals surface area contributed by atoms with E-state index in [1.165, 1.54) is 88.0 Å². The fraction of sp³-hybridized carbons (Fsp3) is 0.121. The summed E-state index contributed by atoms with van der Waals surface area (Å²) in [5.74, 6) is 0.683. The summed E-state index contributed by atoms with van der Waals surface area (Å²) in [5.41, 5.74) is 18.5. The van der Waals surface area contributed by atoms with Crippen LogP contribution in [0.25, 0.3) is 60.3 Å². The topological polar surface area (TPSA) is 24.7 Å². The Morgan fingerprint density at radius 1 is 0.382 bits per heavy atom. The molecule has 0 saturated carbocycles. The fourth-order valence-corrected chi connectivity index (χ4v) is 11.7. The summed E-state index contributed by atoms with van der Waals surface area (Å²) in [7, 11) is 0. The highest BCUT2D eigenvalue weighted by Gasteiger charge is 2.53. The highest BCUT2D eigenvalue weighted by atomic mass is 14.9. The third-order valence-electron chi connectivity index (χ3n) is 15.1. The lowest BCUT2D eigenvalue weighted by atomic mass is 9.55. The Morgan fingerprint density at radius 3 is 1.54 bits per heavy atom. The molecule has 10 aromatic rings. The average molecular weight is 873 g/mol. The minimum atomic E-state index is -0.471. The van der Waals surface area contributed by atoms with Gasteiger partial charge >= 0.3 is 0 Å². The molecule has 0 atom stereocenters. The van der Waals surface area contributed by atoms with Crippen LogP contribution in [0.2, 0.25) is 0 Å². The van der Waals surface area contributed by atoms with Crippen molar-refractivity contribution in [3.63, 3.8) is 0 Å². The minimum absolute atomic E-state index is 0.213. The first-order valence-corrected chi connectivity index (χ1v) is 24.0. The first-order chi connectivity index (χ1) is 33.3. The van der Waals surface area contributed by atoms with Gasteiger partial charge in [0.25, 0.3) is 0 Å². The van der Waals surface area contributed by atoms with E-state index in [4.69, 9.17) is 9.98 Å². The molecule has 0 saturated heterocycles. The second kappa shape index (κ2) is 16.1. The SMILES string of the molecule is CCC(C)=C(N=C(N=C(C)c1ccc2c3ccccc3c3ccccc3c2c1)c1cccc(-c2ccc3c(c2)C2(c4ccccc4-c4ccccc42)c2ccccc2C3(C)C)c1)c1ccccc1. The van der Waals surface area contributed by atoms with Crippen LogP contribution in [-0.4, -0.2) is 11.5 Å². The lowest BCUT2D eigenvalue weighted by Gasteiger charge is -2.46.